The van der Waals surface area contributed by atoms with Gasteiger partial charge in [-0.05, 0) is 44.9 Å². The second-order valence-corrected chi connectivity index (χ2v) is 6.97. The minimum absolute atomic E-state index is 0.0431. The first kappa shape index (κ1) is 18.2. The molecular formula is C20H26N4O2. The minimum atomic E-state index is -0.0431. The second kappa shape index (κ2) is 7.72. The number of carbonyl (C=O) groups excluding carboxylic acids is 1. The van der Waals surface area contributed by atoms with Crippen LogP contribution in [0.15, 0.2) is 30.3 Å². The average Bonchev–Trinajstić information content (AvgIpc) is 2.60. The number of carbonyl (C=O) groups is 1. The van der Waals surface area contributed by atoms with Crippen LogP contribution in [0.25, 0.3) is 0 Å². The van der Waals surface area contributed by atoms with Gasteiger partial charge in [-0.1, -0.05) is 6.07 Å². The van der Waals surface area contributed by atoms with E-state index in [2.05, 4.69) is 9.97 Å². The Hall–Kier alpha value is -2.63. The van der Waals surface area contributed by atoms with Crippen LogP contribution in [0.5, 0.6) is 5.88 Å². The zero-order valence-electron chi connectivity index (χ0n) is 15.9. The number of aromatic nitrogens is 2. The molecule has 138 valence electrons. The molecule has 0 aliphatic carbocycles. The predicted molar refractivity (Wildman–Crippen MR) is 102 cm³/mol. The van der Waals surface area contributed by atoms with E-state index in [9.17, 15) is 4.79 Å². The van der Waals surface area contributed by atoms with Gasteiger partial charge in [0.15, 0.2) is 0 Å². The normalized spacial score (nSPS) is 17.1. The standard InChI is InChI=1S/C20H26N4O2/c1-14-11-19(22-15(2)21-14)26-18-9-6-10-24(13-18)20(25)16-7-5-8-17(12-16)23(3)4/h5,7-8,11-12,18H,6,9-10,13H2,1-4H3. The summed E-state index contributed by atoms with van der Waals surface area (Å²) in [5.41, 5.74) is 2.62. The number of hydrogen-bond acceptors (Lipinski definition) is 5. The molecule has 1 aromatic carbocycles. The molecule has 0 saturated carbocycles. The summed E-state index contributed by atoms with van der Waals surface area (Å²) in [6, 6.07) is 9.57. The van der Waals surface area contributed by atoms with E-state index in [4.69, 9.17) is 4.74 Å². The third kappa shape index (κ3) is 4.31. The largest absolute Gasteiger partial charge is 0.472 e. The monoisotopic (exact) mass is 354 g/mol. The third-order valence-corrected chi connectivity index (χ3v) is 4.50. The first-order valence-electron chi connectivity index (χ1n) is 8.98. The van der Waals surface area contributed by atoms with Crippen LogP contribution in [0, 0.1) is 13.8 Å². The molecule has 6 heteroatoms. The van der Waals surface area contributed by atoms with E-state index in [0.29, 0.717) is 23.8 Å². The first-order valence-corrected chi connectivity index (χ1v) is 8.98. The Bertz CT molecular complexity index is 771. The van der Waals surface area contributed by atoms with Gasteiger partial charge in [0.05, 0.1) is 6.54 Å². The maximum absolute atomic E-state index is 12.9. The molecule has 1 saturated heterocycles. The van der Waals surface area contributed by atoms with Crippen molar-refractivity contribution in [2.24, 2.45) is 0 Å². The van der Waals surface area contributed by atoms with Crippen LogP contribution in [-0.4, -0.2) is 54.1 Å². The molecule has 1 aliphatic rings. The number of piperidine rings is 1. The van der Waals surface area contributed by atoms with Gasteiger partial charge in [-0.3, -0.25) is 4.79 Å². The molecule has 1 atom stereocenters. The SMILES string of the molecule is Cc1cc(OC2CCCN(C(=O)c3cccc(N(C)C)c3)C2)nc(C)n1. The molecule has 26 heavy (non-hydrogen) atoms. The fraction of sp³-hybridized carbons (Fsp3) is 0.450. The van der Waals surface area contributed by atoms with E-state index in [0.717, 1.165) is 30.8 Å². The van der Waals surface area contributed by atoms with Crippen molar-refractivity contribution in [1.29, 1.82) is 0 Å². The number of rotatable bonds is 4. The van der Waals surface area contributed by atoms with Gasteiger partial charge in [0.1, 0.15) is 11.9 Å². The molecule has 2 heterocycles. The van der Waals surface area contributed by atoms with E-state index in [1.165, 1.54) is 0 Å². The second-order valence-electron chi connectivity index (χ2n) is 6.97. The fourth-order valence-electron chi connectivity index (χ4n) is 3.23. The number of benzene rings is 1. The molecular weight excluding hydrogens is 328 g/mol. The molecule has 0 N–H and O–H groups in total. The molecule has 0 bridgehead atoms. The molecule has 0 spiro atoms. The maximum Gasteiger partial charge on any atom is 0.254 e. The number of amides is 1. The van der Waals surface area contributed by atoms with Crippen molar-refractivity contribution in [1.82, 2.24) is 14.9 Å². The topological polar surface area (TPSA) is 58.6 Å². The fourth-order valence-corrected chi connectivity index (χ4v) is 3.23. The Labute approximate surface area is 154 Å². The zero-order chi connectivity index (χ0) is 18.7. The van der Waals surface area contributed by atoms with Crippen LogP contribution in [0.4, 0.5) is 5.69 Å². The van der Waals surface area contributed by atoms with Crippen molar-refractivity contribution in [3.8, 4) is 5.88 Å². The smallest absolute Gasteiger partial charge is 0.254 e. The molecule has 1 amide bonds. The van der Waals surface area contributed by atoms with Gasteiger partial charge in [0.25, 0.3) is 5.91 Å². The Morgan fingerprint density at radius 1 is 1.23 bits per heavy atom. The predicted octanol–water partition coefficient (Wildman–Crippen LogP) is 2.84. The van der Waals surface area contributed by atoms with E-state index in [1.54, 1.807) is 0 Å². The van der Waals surface area contributed by atoms with Crippen LogP contribution in [0.1, 0.15) is 34.7 Å². The number of likely N-dealkylation sites (tertiary alicyclic amines) is 1. The molecule has 2 aromatic rings. The van der Waals surface area contributed by atoms with Gasteiger partial charge in [0.2, 0.25) is 5.88 Å². The number of hydrogen-bond donors (Lipinski definition) is 0. The molecule has 0 radical (unpaired) electrons. The molecule has 1 unspecified atom stereocenters. The minimum Gasteiger partial charge on any atom is -0.472 e. The Kier molecular flexibility index (Phi) is 5.40. The summed E-state index contributed by atoms with van der Waals surface area (Å²) in [7, 11) is 3.94. The van der Waals surface area contributed by atoms with Crippen LogP contribution in [0.3, 0.4) is 0 Å². The van der Waals surface area contributed by atoms with Crippen LogP contribution < -0.4 is 9.64 Å². The van der Waals surface area contributed by atoms with Gasteiger partial charge < -0.3 is 14.5 Å². The highest BCUT2D eigenvalue weighted by molar-refractivity contribution is 5.95. The van der Waals surface area contributed by atoms with E-state index < -0.39 is 0 Å². The summed E-state index contributed by atoms with van der Waals surface area (Å²) in [4.78, 5) is 25.4. The lowest BCUT2D eigenvalue weighted by atomic mass is 10.1. The number of nitrogens with zero attached hydrogens (tertiary/aromatic N) is 4. The van der Waals surface area contributed by atoms with Crippen LogP contribution >= 0.6 is 0 Å². The van der Waals surface area contributed by atoms with Crippen molar-refractivity contribution in [3.05, 3.63) is 47.4 Å². The third-order valence-electron chi connectivity index (χ3n) is 4.50. The van der Waals surface area contributed by atoms with Crippen molar-refractivity contribution in [2.75, 3.05) is 32.1 Å². The number of anilines is 1. The van der Waals surface area contributed by atoms with Gasteiger partial charge in [-0.15, -0.1) is 0 Å². The summed E-state index contributed by atoms with van der Waals surface area (Å²) >= 11 is 0. The lowest BCUT2D eigenvalue weighted by molar-refractivity contribution is 0.0527. The first-order chi connectivity index (χ1) is 12.4. The van der Waals surface area contributed by atoms with Gasteiger partial charge in [-0.25, -0.2) is 4.98 Å². The molecule has 6 nitrogen and oxygen atoms in total. The quantitative estimate of drug-likeness (QED) is 0.845. The van der Waals surface area contributed by atoms with Gasteiger partial charge in [0, 0.05) is 43.7 Å². The van der Waals surface area contributed by atoms with Gasteiger partial charge >= 0.3 is 0 Å². The van der Waals surface area contributed by atoms with E-state index >= 15 is 0 Å². The highest BCUT2D eigenvalue weighted by atomic mass is 16.5. The number of aryl methyl sites for hydroxylation is 2. The summed E-state index contributed by atoms with van der Waals surface area (Å²) in [5.74, 6) is 1.34. The van der Waals surface area contributed by atoms with Crippen molar-refractivity contribution < 1.29 is 9.53 Å². The highest BCUT2D eigenvalue weighted by Crippen LogP contribution is 2.21. The zero-order valence-corrected chi connectivity index (χ0v) is 15.9. The highest BCUT2D eigenvalue weighted by Gasteiger charge is 2.26. The maximum atomic E-state index is 12.9. The summed E-state index contributed by atoms with van der Waals surface area (Å²) in [6.07, 6.45) is 1.80. The van der Waals surface area contributed by atoms with Crippen molar-refractivity contribution in [2.45, 2.75) is 32.8 Å². The Balaban J connectivity index is 1.69. The molecule has 1 aromatic heterocycles. The van der Waals surface area contributed by atoms with Crippen LogP contribution in [-0.2, 0) is 0 Å². The van der Waals surface area contributed by atoms with Crippen LogP contribution in [0.2, 0.25) is 0 Å². The summed E-state index contributed by atoms with van der Waals surface area (Å²) in [5, 5.41) is 0. The summed E-state index contributed by atoms with van der Waals surface area (Å²) < 4.78 is 6.04. The lowest BCUT2D eigenvalue weighted by Crippen LogP contribution is -2.44. The molecule has 3 rings (SSSR count). The van der Waals surface area contributed by atoms with E-state index in [1.807, 2.05) is 68.1 Å². The summed E-state index contributed by atoms with van der Waals surface area (Å²) in [6.45, 7) is 5.12. The lowest BCUT2D eigenvalue weighted by Gasteiger charge is -2.33. The number of ether oxygens (including phenoxy) is 1. The van der Waals surface area contributed by atoms with Crippen molar-refractivity contribution in [3.63, 3.8) is 0 Å². The Morgan fingerprint density at radius 2 is 2.04 bits per heavy atom. The average molecular weight is 354 g/mol. The van der Waals surface area contributed by atoms with E-state index in [-0.39, 0.29) is 12.0 Å². The van der Waals surface area contributed by atoms with Crippen molar-refractivity contribution >= 4 is 11.6 Å². The molecule has 1 fully saturated rings. The van der Waals surface area contributed by atoms with Gasteiger partial charge in [-0.2, -0.15) is 4.98 Å². The molecule has 1 aliphatic heterocycles. The Morgan fingerprint density at radius 3 is 2.77 bits per heavy atom.